The van der Waals surface area contributed by atoms with Gasteiger partial charge in [0.1, 0.15) is 0 Å². The molecule has 0 fully saturated rings. The van der Waals surface area contributed by atoms with Crippen LogP contribution in [-0.2, 0) is 0 Å². The van der Waals surface area contributed by atoms with E-state index in [2.05, 4.69) is 5.32 Å². The maximum atomic E-state index is 13.5. The average Bonchev–Trinajstić information content (AvgIpc) is 2.30. The number of hydrogen-bond donors (Lipinski definition) is 2. The second-order valence-corrected chi connectivity index (χ2v) is 4.34. The van der Waals surface area contributed by atoms with Gasteiger partial charge >= 0.3 is 0 Å². The summed E-state index contributed by atoms with van der Waals surface area (Å²) in [6.07, 6.45) is 0.596. The summed E-state index contributed by atoms with van der Waals surface area (Å²) in [6, 6.07) is 4.30. The van der Waals surface area contributed by atoms with Crippen LogP contribution >= 0.6 is 11.6 Å². The molecule has 1 amide bonds. The first-order chi connectivity index (χ1) is 8.06. The molecule has 0 aliphatic carbocycles. The number of amides is 1. The zero-order chi connectivity index (χ0) is 12.8. The van der Waals surface area contributed by atoms with E-state index in [1.54, 1.807) is 0 Å². The Bertz CT molecular complexity index is 398. The van der Waals surface area contributed by atoms with E-state index >= 15 is 0 Å². The predicted octanol–water partition coefficient (Wildman–Crippen LogP) is 2.23. The van der Waals surface area contributed by atoms with Crippen LogP contribution in [0, 0.1) is 11.7 Å². The molecular formula is C12H15ClFNO2. The molecule has 94 valence electrons. The highest BCUT2D eigenvalue weighted by atomic mass is 35.5. The van der Waals surface area contributed by atoms with Gasteiger partial charge in [-0.25, -0.2) is 4.39 Å². The molecule has 1 aromatic rings. The molecule has 0 spiro atoms. The molecule has 3 nitrogen and oxygen atoms in total. The largest absolute Gasteiger partial charge is 0.396 e. The quantitative estimate of drug-likeness (QED) is 0.852. The van der Waals surface area contributed by atoms with Gasteiger partial charge in [0.25, 0.3) is 5.91 Å². The van der Waals surface area contributed by atoms with E-state index in [1.165, 1.54) is 18.2 Å². The van der Waals surface area contributed by atoms with Crippen LogP contribution in [0.1, 0.15) is 23.7 Å². The fraction of sp³-hybridized carbons (Fsp3) is 0.417. The van der Waals surface area contributed by atoms with Gasteiger partial charge in [-0.2, -0.15) is 0 Å². The molecule has 0 saturated carbocycles. The number of aliphatic hydroxyl groups is 1. The minimum atomic E-state index is -0.707. The van der Waals surface area contributed by atoms with E-state index < -0.39 is 11.7 Å². The van der Waals surface area contributed by atoms with Crippen LogP contribution < -0.4 is 5.32 Å². The molecule has 0 aliphatic heterocycles. The normalized spacial score (nSPS) is 12.2. The van der Waals surface area contributed by atoms with Gasteiger partial charge in [0, 0.05) is 13.2 Å². The fourth-order valence-corrected chi connectivity index (χ4v) is 1.54. The molecule has 0 radical (unpaired) electrons. The topological polar surface area (TPSA) is 49.3 Å². The SMILES string of the molecule is CC(CCO)CNC(=O)c1cccc(Cl)c1F. The Morgan fingerprint density at radius 2 is 2.29 bits per heavy atom. The third-order valence-corrected chi connectivity index (χ3v) is 2.72. The van der Waals surface area contributed by atoms with Crippen LogP contribution in [0.3, 0.4) is 0 Å². The number of carbonyl (C=O) groups is 1. The molecule has 17 heavy (non-hydrogen) atoms. The third kappa shape index (κ3) is 3.98. The first-order valence-electron chi connectivity index (χ1n) is 5.39. The fourth-order valence-electron chi connectivity index (χ4n) is 1.36. The van der Waals surface area contributed by atoms with Crippen molar-refractivity contribution in [3.05, 3.63) is 34.6 Å². The van der Waals surface area contributed by atoms with E-state index in [0.717, 1.165) is 0 Å². The number of rotatable bonds is 5. The summed E-state index contributed by atoms with van der Waals surface area (Å²) < 4.78 is 13.5. The minimum Gasteiger partial charge on any atom is -0.396 e. The highest BCUT2D eigenvalue weighted by Crippen LogP contribution is 2.17. The molecule has 0 bridgehead atoms. The van der Waals surface area contributed by atoms with E-state index in [4.69, 9.17) is 16.7 Å². The number of aliphatic hydroxyl groups excluding tert-OH is 1. The van der Waals surface area contributed by atoms with Gasteiger partial charge < -0.3 is 10.4 Å². The van der Waals surface area contributed by atoms with Crippen LogP contribution in [0.25, 0.3) is 0 Å². The van der Waals surface area contributed by atoms with E-state index in [1.807, 2.05) is 6.92 Å². The van der Waals surface area contributed by atoms with Gasteiger partial charge in [0.15, 0.2) is 5.82 Å². The number of hydrogen-bond acceptors (Lipinski definition) is 2. The van der Waals surface area contributed by atoms with Crippen LogP contribution in [0.4, 0.5) is 4.39 Å². The molecule has 1 rings (SSSR count). The van der Waals surface area contributed by atoms with Gasteiger partial charge in [-0.1, -0.05) is 24.6 Å². The molecule has 1 atom stereocenters. The number of halogens is 2. The molecule has 5 heteroatoms. The van der Waals surface area contributed by atoms with Gasteiger partial charge in [0.2, 0.25) is 0 Å². The van der Waals surface area contributed by atoms with E-state index in [-0.39, 0.29) is 23.1 Å². The van der Waals surface area contributed by atoms with E-state index in [9.17, 15) is 9.18 Å². The maximum absolute atomic E-state index is 13.5. The Morgan fingerprint density at radius 1 is 1.59 bits per heavy atom. The van der Waals surface area contributed by atoms with E-state index in [0.29, 0.717) is 13.0 Å². The van der Waals surface area contributed by atoms with Crippen molar-refractivity contribution in [3.8, 4) is 0 Å². The van der Waals surface area contributed by atoms with Crippen molar-refractivity contribution in [3.63, 3.8) is 0 Å². The maximum Gasteiger partial charge on any atom is 0.254 e. The highest BCUT2D eigenvalue weighted by Gasteiger charge is 2.14. The summed E-state index contributed by atoms with van der Waals surface area (Å²) in [4.78, 5) is 11.7. The first-order valence-corrected chi connectivity index (χ1v) is 5.77. The first kappa shape index (κ1) is 13.9. The van der Waals surface area contributed by atoms with Crippen molar-refractivity contribution in [2.75, 3.05) is 13.2 Å². The van der Waals surface area contributed by atoms with Crippen molar-refractivity contribution >= 4 is 17.5 Å². The molecular weight excluding hydrogens is 245 g/mol. The van der Waals surface area contributed by atoms with Gasteiger partial charge in [0.05, 0.1) is 10.6 Å². The summed E-state index contributed by atoms with van der Waals surface area (Å²) >= 11 is 5.58. The lowest BCUT2D eigenvalue weighted by Crippen LogP contribution is -2.29. The second kappa shape index (κ2) is 6.57. The predicted molar refractivity (Wildman–Crippen MR) is 64.6 cm³/mol. The monoisotopic (exact) mass is 259 g/mol. The zero-order valence-corrected chi connectivity index (χ0v) is 10.3. The zero-order valence-electron chi connectivity index (χ0n) is 9.54. The summed E-state index contributed by atoms with van der Waals surface area (Å²) in [7, 11) is 0. The van der Waals surface area contributed by atoms with Crippen LogP contribution in [-0.4, -0.2) is 24.2 Å². The second-order valence-electron chi connectivity index (χ2n) is 3.93. The minimum absolute atomic E-state index is 0.0614. The Balaban J connectivity index is 2.61. The molecule has 1 aromatic carbocycles. The van der Waals surface area contributed by atoms with Gasteiger partial charge in [-0.05, 0) is 24.5 Å². The summed E-state index contributed by atoms with van der Waals surface area (Å²) in [5.41, 5.74) is -0.0614. The standard InChI is InChI=1S/C12H15ClFNO2/c1-8(5-6-16)7-15-12(17)9-3-2-4-10(13)11(9)14/h2-4,8,16H,5-7H2,1H3,(H,15,17). The van der Waals surface area contributed by atoms with Crippen LogP contribution in [0.15, 0.2) is 18.2 Å². The lowest BCUT2D eigenvalue weighted by atomic mass is 10.1. The van der Waals surface area contributed by atoms with Crippen molar-refractivity contribution in [1.82, 2.24) is 5.32 Å². The van der Waals surface area contributed by atoms with Crippen molar-refractivity contribution in [1.29, 1.82) is 0 Å². The number of benzene rings is 1. The van der Waals surface area contributed by atoms with Crippen molar-refractivity contribution in [2.24, 2.45) is 5.92 Å². The Hall–Kier alpha value is -1.13. The lowest BCUT2D eigenvalue weighted by Gasteiger charge is -2.11. The molecule has 1 unspecified atom stereocenters. The van der Waals surface area contributed by atoms with Crippen LogP contribution in [0.5, 0.6) is 0 Å². The summed E-state index contributed by atoms with van der Waals surface area (Å²) in [6.45, 7) is 2.36. The van der Waals surface area contributed by atoms with Crippen molar-refractivity contribution < 1.29 is 14.3 Å². The summed E-state index contributed by atoms with van der Waals surface area (Å²) in [5.74, 6) is -1.05. The molecule has 0 saturated heterocycles. The number of carbonyl (C=O) groups excluding carboxylic acids is 1. The lowest BCUT2D eigenvalue weighted by molar-refractivity contribution is 0.0941. The number of nitrogens with one attached hydrogen (secondary N) is 1. The third-order valence-electron chi connectivity index (χ3n) is 2.43. The Morgan fingerprint density at radius 3 is 2.94 bits per heavy atom. The van der Waals surface area contributed by atoms with Gasteiger partial charge in [-0.3, -0.25) is 4.79 Å². The molecule has 2 N–H and O–H groups in total. The average molecular weight is 260 g/mol. The highest BCUT2D eigenvalue weighted by molar-refractivity contribution is 6.31. The van der Waals surface area contributed by atoms with Crippen LogP contribution in [0.2, 0.25) is 5.02 Å². The van der Waals surface area contributed by atoms with Gasteiger partial charge in [-0.15, -0.1) is 0 Å². The Labute approximate surface area is 105 Å². The molecule has 0 aliphatic rings. The summed E-state index contributed by atoms with van der Waals surface area (Å²) in [5, 5.41) is 11.2. The smallest absolute Gasteiger partial charge is 0.254 e. The molecule has 0 heterocycles. The Kier molecular flexibility index (Phi) is 5.38. The van der Waals surface area contributed by atoms with Crippen molar-refractivity contribution in [2.45, 2.75) is 13.3 Å². The molecule has 0 aromatic heterocycles.